The third-order valence-corrected chi connectivity index (χ3v) is 1.89. The van der Waals surface area contributed by atoms with Gasteiger partial charge in [0.25, 0.3) is 0 Å². The van der Waals surface area contributed by atoms with E-state index in [0.29, 0.717) is 4.68 Å². The number of nitrogens with zero attached hydrogens (tertiary/aromatic N) is 3. The molecule has 0 aliphatic heterocycles. The SMILES string of the molecule is Cn1nnc(Br)c1C(F)(F)C(=O)O. The molecule has 0 aliphatic rings. The first-order valence-corrected chi connectivity index (χ1v) is 3.83. The van der Waals surface area contributed by atoms with Gasteiger partial charge in [0.1, 0.15) is 0 Å². The quantitative estimate of drug-likeness (QED) is 0.847. The number of aliphatic carboxylic acids is 1. The zero-order chi connectivity index (χ0) is 10.2. The van der Waals surface area contributed by atoms with Crippen LogP contribution in [0.4, 0.5) is 8.78 Å². The number of halogens is 3. The third kappa shape index (κ3) is 1.53. The molecule has 0 saturated carbocycles. The van der Waals surface area contributed by atoms with Gasteiger partial charge in [-0.3, -0.25) is 0 Å². The van der Waals surface area contributed by atoms with E-state index in [1.165, 1.54) is 7.05 Å². The van der Waals surface area contributed by atoms with E-state index in [4.69, 9.17) is 5.11 Å². The molecule has 0 radical (unpaired) electrons. The van der Waals surface area contributed by atoms with E-state index < -0.39 is 17.6 Å². The first-order valence-electron chi connectivity index (χ1n) is 3.04. The summed E-state index contributed by atoms with van der Waals surface area (Å²) in [5.41, 5.74) is -0.778. The highest BCUT2D eigenvalue weighted by molar-refractivity contribution is 9.10. The molecule has 0 spiro atoms. The van der Waals surface area contributed by atoms with Crippen LogP contribution < -0.4 is 0 Å². The van der Waals surface area contributed by atoms with E-state index in [1.807, 2.05) is 0 Å². The summed E-state index contributed by atoms with van der Waals surface area (Å²) < 4.78 is 26.2. The standard InChI is InChI=1S/C5H4BrF2N3O2/c1-11-2(3(6)9-10-11)5(7,8)4(12)13/h1H3,(H,12,13). The molecule has 72 valence electrons. The van der Waals surface area contributed by atoms with E-state index >= 15 is 0 Å². The van der Waals surface area contributed by atoms with Crippen LogP contribution in [-0.4, -0.2) is 26.1 Å². The predicted molar refractivity (Wildman–Crippen MR) is 40.2 cm³/mol. The molecule has 8 heteroatoms. The largest absolute Gasteiger partial charge is 0.476 e. The summed E-state index contributed by atoms with van der Waals surface area (Å²) in [4.78, 5) is 10.2. The topological polar surface area (TPSA) is 68.0 Å². The van der Waals surface area contributed by atoms with Crippen LogP contribution in [0.1, 0.15) is 5.69 Å². The summed E-state index contributed by atoms with van der Waals surface area (Å²) in [7, 11) is 1.18. The summed E-state index contributed by atoms with van der Waals surface area (Å²) in [6.45, 7) is 0. The van der Waals surface area contributed by atoms with Crippen LogP contribution in [0, 0.1) is 0 Å². The number of alkyl halides is 2. The highest BCUT2D eigenvalue weighted by Gasteiger charge is 2.46. The fraction of sp³-hybridized carbons (Fsp3) is 0.400. The number of carbonyl (C=O) groups is 1. The minimum Gasteiger partial charge on any atom is -0.476 e. The van der Waals surface area contributed by atoms with Gasteiger partial charge in [-0.2, -0.15) is 8.78 Å². The molecule has 0 unspecified atom stereocenters. The van der Waals surface area contributed by atoms with E-state index in [1.54, 1.807) is 0 Å². The summed E-state index contributed by atoms with van der Waals surface area (Å²) in [5.74, 6) is -6.23. The highest BCUT2D eigenvalue weighted by atomic mass is 79.9. The van der Waals surface area contributed by atoms with Crippen molar-refractivity contribution in [2.45, 2.75) is 5.92 Å². The molecule has 0 bridgehead atoms. The summed E-state index contributed by atoms with van der Waals surface area (Å²) in [5, 5.41) is 14.7. The van der Waals surface area contributed by atoms with Crippen molar-refractivity contribution in [3.63, 3.8) is 0 Å². The molecule has 1 rings (SSSR count). The van der Waals surface area contributed by atoms with Gasteiger partial charge < -0.3 is 5.11 Å². The van der Waals surface area contributed by atoms with Gasteiger partial charge in [0.2, 0.25) is 0 Å². The Morgan fingerprint density at radius 3 is 2.54 bits per heavy atom. The molecule has 0 atom stereocenters. The minimum atomic E-state index is -3.99. The second-order valence-corrected chi connectivity index (χ2v) is 2.98. The number of aryl methyl sites for hydroxylation is 1. The van der Waals surface area contributed by atoms with Gasteiger partial charge in [-0.25, -0.2) is 9.48 Å². The number of carboxylic acids is 1. The van der Waals surface area contributed by atoms with Gasteiger partial charge in [-0.05, 0) is 15.9 Å². The Hall–Kier alpha value is -1.05. The molecule has 5 nitrogen and oxygen atoms in total. The smallest absolute Gasteiger partial charge is 0.386 e. The maximum atomic E-state index is 12.9. The molecule has 1 N–H and O–H groups in total. The van der Waals surface area contributed by atoms with E-state index in [0.717, 1.165) is 0 Å². The van der Waals surface area contributed by atoms with Gasteiger partial charge >= 0.3 is 11.9 Å². The lowest BCUT2D eigenvalue weighted by Crippen LogP contribution is -2.28. The van der Waals surface area contributed by atoms with Crippen LogP contribution in [0.5, 0.6) is 0 Å². The Morgan fingerprint density at radius 1 is 1.69 bits per heavy atom. The van der Waals surface area contributed by atoms with Gasteiger partial charge in [-0.15, -0.1) is 5.10 Å². The van der Waals surface area contributed by atoms with Crippen LogP contribution >= 0.6 is 15.9 Å². The highest BCUT2D eigenvalue weighted by Crippen LogP contribution is 2.31. The summed E-state index contributed by atoms with van der Waals surface area (Å²) >= 11 is 2.68. The van der Waals surface area contributed by atoms with Crippen molar-refractivity contribution in [2.75, 3.05) is 0 Å². The normalized spacial score (nSPS) is 11.7. The van der Waals surface area contributed by atoms with Crippen molar-refractivity contribution < 1.29 is 18.7 Å². The van der Waals surface area contributed by atoms with Crippen LogP contribution in [0.2, 0.25) is 0 Å². The number of hydrogen-bond donors (Lipinski definition) is 1. The van der Waals surface area contributed by atoms with Crippen molar-refractivity contribution in [3.05, 3.63) is 10.3 Å². The van der Waals surface area contributed by atoms with E-state index in [-0.39, 0.29) is 4.60 Å². The van der Waals surface area contributed by atoms with E-state index in [9.17, 15) is 13.6 Å². The number of aromatic nitrogens is 3. The first kappa shape index (κ1) is 10.0. The fourth-order valence-electron chi connectivity index (χ4n) is 0.766. The summed E-state index contributed by atoms with van der Waals surface area (Å²) in [6.07, 6.45) is 0. The molecular formula is C5H4BrF2N3O2. The minimum absolute atomic E-state index is 0.276. The molecule has 0 aliphatic carbocycles. The molecule has 1 heterocycles. The molecule has 0 aromatic carbocycles. The monoisotopic (exact) mass is 255 g/mol. The molecule has 13 heavy (non-hydrogen) atoms. The summed E-state index contributed by atoms with van der Waals surface area (Å²) in [6, 6.07) is 0. The Bertz CT molecular complexity index is 332. The molecule has 0 fully saturated rings. The van der Waals surface area contributed by atoms with Crippen molar-refractivity contribution in [3.8, 4) is 0 Å². The number of carboxylic acid groups (broad SMARTS) is 1. The Balaban J connectivity index is 3.28. The fourth-order valence-corrected chi connectivity index (χ4v) is 1.34. The van der Waals surface area contributed by atoms with Gasteiger partial charge in [-0.1, -0.05) is 5.21 Å². The third-order valence-electron chi connectivity index (χ3n) is 1.35. The number of rotatable bonds is 2. The lowest BCUT2D eigenvalue weighted by atomic mass is 10.2. The molecule has 1 aromatic heterocycles. The van der Waals surface area contributed by atoms with Crippen molar-refractivity contribution in [1.29, 1.82) is 0 Å². The van der Waals surface area contributed by atoms with Gasteiger partial charge in [0.15, 0.2) is 10.3 Å². The second kappa shape index (κ2) is 3.02. The van der Waals surface area contributed by atoms with E-state index in [2.05, 4.69) is 26.2 Å². The lowest BCUT2D eigenvalue weighted by Gasteiger charge is -2.10. The molecule has 0 saturated heterocycles. The predicted octanol–water partition coefficient (Wildman–Crippen LogP) is 0.754. The number of hydrogen-bond acceptors (Lipinski definition) is 3. The molecule has 0 amide bonds. The van der Waals surface area contributed by atoms with Crippen LogP contribution in [-0.2, 0) is 17.8 Å². The lowest BCUT2D eigenvalue weighted by molar-refractivity contribution is -0.167. The Labute approximate surface area is 79.5 Å². The zero-order valence-corrected chi connectivity index (χ0v) is 7.92. The van der Waals surface area contributed by atoms with Crippen molar-refractivity contribution in [2.24, 2.45) is 7.05 Å². The average Bonchev–Trinajstić information content (AvgIpc) is 2.30. The van der Waals surface area contributed by atoms with Gasteiger partial charge in [0, 0.05) is 7.05 Å². The Kier molecular flexibility index (Phi) is 2.33. The van der Waals surface area contributed by atoms with Gasteiger partial charge in [0.05, 0.1) is 0 Å². The first-order chi connectivity index (χ1) is 5.87. The maximum absolute atomic E-state index is 12.9. The second-order valence-electron chi connectivity index (χ2n) is 2.23. The van der Waals surface area contributed by atoms with Crippen molar-refractivity contribution >= 4 is 21.9 Å². The van der Waals surface area contributed by atoms with Crippen LogP contribution in [0.3, 0.4) is 0 Å². The zero-order valence-electron chi connectivity index (χ0n) is 6.33. The Morgan fingerprint density at radius 2 is 2.23 bits per heavy atom. The van der Waals surface area contributed by atoms with Crippen LogP contribution in [0.25, 0.3) is 0 Å². The molecular weight excluding hydrogens is 252 g/mol. The average molecular weight is 256 g/mol. The molecule has 1 aromatic rings. The van der Waals surface area contributed by atoms with Crippen LogP contribution in [0.15, 0.2) is 4.60 Å². The van der Waals surface area contributed by atoms with Crippen molar-refractivity contribution in [1.82, 2.24) is 15.0 Å². The maximum Gasteiger partial charge on any atom is 0.386 e.